The number of rotatable bonds is 6. The summed E-state index contributed by atoms with van der Waals surface area (Å²) in [5, 5.41) is 14.4. The summed E-state index contributed by atoms with van der Waals surface area (Å²) in [5.74, 6) is -0.431. The van der Waals surface area contributed by atoms with Crippen molar-refractivity contribution in [2.24, 2.45) is 10.8 Å². The quantitative estimate of drug-likeness (QED) is 0.265. The first-order chi connectivity index (χ1) is 12.4. The third kappa shape index (κ3) is 4.77. The van der Waals surface area contributed by atoms with Crippen LogP contribution < -0.4 is 20.6 Å². The van der Waals surface area contributed by atoms with E-state index in [9.17, 15) is 19.7 Å². The lowest BCUT2D eigenvalue weighted by atomic mass is 10.2. The first kappa shape index (κ1) is 18.4. The molecule has 3 N–H and O–H groups in total. The molecule has 0 heterocycles. The summed E-state index contributed by atoms with van der Waals surface area (Å²) in [6.07, 6.45) is 1.32. The molecule has 0 saturated heterocycles. The topological polar surface area (TPSA) is 146 Å². The van der Waals surface area contributed by atoms with Gasteiger partial charge >= 0.3 is 12.0 Å². The van der Waals surface area contributed by atoms with E-state index in [0.717, 1.165) is 6.07 Å². The molecule has 0 bridgehead atoms. The number of nitro groups is 1. The zero-order valence-electron chi connectivity index (χ0n) is 13.5. The van der Waals surface area contributed by atoms with Crippen LogP contribution in [0.15, 0.2) is 47.6 Å². The van der Waals surface area contributed by atoms with Gasteiger partial charge in [-0.2, -0.15) is 5.10 Å². The van der Waals surface area contributed by atoms with Gasteiger partial charge in [-0.25, -0.2) is 15.0 Å². The Bertz CT molecular complexity index is 881. The smallest absolute Gasteiger partial charge is 0.343 e. The Labute approximate surface area is 147 Å². The van der Waals surface area contributed by atoms with Crippen LogP contribution in [-0.2, 0) is 0 Å². The SMILES string of the molecule is COc1cc(/C=N\NC(N)=O)ccc1OC(=O)c1cccc([N+](=O)[O-])c1. The van der Waals surface area contributed by atoms with Gasteiger partial charge in [0.05, 0.1) is 23.8 Å². The van der Waals surface area contributed by atoms with Gasteiger partial charge in [0.25, 0.3) is 5.69 Å². The van der Waals surface area contributed by atoms with Crippen molar-refractivity contribution < 1.29 is 24.0 Å². The molecule has 134 valence electrons. The molecule has 0 fully saturated rings. The fourth-order valence-electron chi connectivity index (χ4n) is 1.92. The molecule has 0 atom stereocenters. The zero-order chi connectivity index (χ0) is 19.1. The Balaban J connectivity index is 2.19. The van der Waals surface area contributed by atoms with E-state index in [-0.39, 0.29) is 22.7 Å². The number of amides is 2. The fraction of sp³-hybridized carbons (Fsp3) is 0.0625. The number of non-ortho nitro benzene ring substituents is 1. The highest BCUT2D eigenvalue weighted by Crippen LogP contribution is 2.28. The number of primary amides is 1. The summed E-state index contributed by atoms with van der Waals surface area (Å²) in [4.78, 5) is 32.9. The van der Waals surface area contributed by atoms with Gasteiger partial charge in [0.15, 0.2) is 11.5 Å². The molecule has 2 amide bonds. The maximum absolute atomic E-state index is 12.2. The Morgan fingerprint density at radius 2 is 2.00 bits per heavy atom. The summed E-state index contributed by atoms with van der Waals surface area (Å²) >= 11 is 0. The second-order valence-corrected chi connectivity index (χ2v) is 4.84. The van der Waals surface area contributed by atoms with Crippen molar-refractivity contribution in [3.63, 3.8) is 0 Å². The van der Waals surface area contributed by atoms with Crippen LogP contribution in [0.2, 0.25) is 0 Å². The minimum absolute atomic E-state index is 0.0255. The number of carbonyl (C=O) groups is 2. The van der Waals surface area contributed by atoms with E-state index in [4.69, 9.17) is 15.2 Å². The summed E-state index contributed by atoms with van der Waals surface area (Å²) < 4.78 is 10.4. The summed E-state index contributed by atoms with van der Waals surface area (Å²) in [6.45, 7) is 0. The molecule has 0 aromatic heterocycles. The molecular weight excluding hydrogens is 344 g/mol. The van der Waals surface area contributed by atoms with E-state index in [1.54, 1.807) is 6.07 Å². The maximum Gasteiger partial charge on any atom is 0.343 e. The highest BCUT2D eigenvalue weighted by atomic mass is 16.6. The van der Waals surface area contributed by atoms with Crippen molar-refractivity contribution >= 4 is 23.9 Å². The number of nitrogens with one attached hydrogen (secondary N) is 1. The number of urea groups is 1. The summed E-state index contributed by atoms with van der Waals surface area (Å²) in [5.41, 5.74) is 7.28. The lowest BCUT2D eigenvalue weighted by Gasteiger charge is -2.10. The van der Waals surface area contributed by atoms with Gasteiger partial charge in [-0.1, -0.05) is 6.07 Å². The number of nitro benzene ring substituents is 1. The Morgan fingerprint density at radius 1 is 1.23 bits per heavy atom. The number of nitrogens with zero attached hydrogens (tertiary/aromatic N) is 2. The Morgan fingerprint density at radius 3 is 2.65 bits per heavy atom. The van der Waals surface area contributed by atoms with E-state index in [1.807, 2.05) is 5.43 Å². The average Bonchev–Trinajstić information content (AvgIpc) is 2.62. The fourth-order valence-corrected chi connectivity index (χ4v) is 1.92. The van der Waals surface area contributed by atoms with E-state index in [1.165, 1.54) is 43.7 Å². The van der Waals surface area contributed by atoms with Gasteiger partial charge in [-0.05, 0) is 29.8 Å². The number of hydrogen-bond donors (Lipinski definition) is 2. The number of carbonyl (C=O) groups excluding carboxylic acids is 2. The van der Waals surface area contributed by atoms with Crippen LogP contribution in [0.3, 0.4) is 0 Å². The van der Waals surface area contributed by atoms with Crippen molar-refractivity contribution in [1.29, 1.82) is 0 Å². The molecule has 0 saturated carbocycles. The van der Waals surface area contributed by atoms with Gasteiger partial charge in [-0.15, -0.1) is 0 Å². The maximum atomic E-state index is 12.2. The minimum atomic E-state index is -0.810. The third-order valence-electron chi connectivity index (χ3n) is 3.07. The van der Waals surface area contributed by atoms with Crippen molar-refractivity contribution in [2.75, 3.05) is 7.11 Å². The molecule has 0 aliphatic rings. The number of hydrogen-bond acceptors (Lipinski definition) is 7. The van der Waals surface area contributed by atoms with Crippen molar-refractivity contribution in [3.05, 3.63) is 63.7 Å². The number of ether oxygens (including phenoxy) is 2. The van der Waals surface area contributed by atoms with Crippen LogP contribution in [0.1, 0.15) is 15.9 Å². The second kappa shape index (κ2) is 8.24. The van der Waals surface area contributed by atoms with Gasteiger partial charge < -0.3 is 15.2 Å². The predicted octanol–water partition coefficient (Wildman–Crippen LogP) is 1.82. The third-order valence-corrected chi connectivity index (χ3v) is 3.07. The van der Waals surface area contributed by atoms with Crippen LogP contribution in [0.25, 0.3) is 0 Å². The number of benzene rings is 2. The number of methoxy groups -OCH3 is 1. The zero-order valence-corrected chi connectivity index (χ0v) is 13.5. The number of nitrogens with two attached hydrogens (primary N) is 1. The van der Waals surface area contributed by atoms with E-state index in [2.05, 4.69) is 5.10 Å². The molecule has 2 aromatic rings. The predicted molar refractivity (Wildman–Crippen MR) is 91.4 cm³/mol. The summed E-state index contributed by atoms with van der Waals surface area (Å²) in [7, 11) is 1.38. The Hall–Kier alpha value is -3.95. The summed E-state index contributed by atoms with van der Waals surface area (Å²) in [6, 6.07) is 8.90. The molecule has 0 radical (unpaired) electrons. The number of esters is 1. The van der Waals surface area contributed by atoms with Gasteiger partial charge in [0, 0.05) is 12.1 Å². The molecular formula is C16H14N4O6. The van der Waals surface area contributed by atoms with E-state index < -0.39 is 16.9 Å². The van der Waals surface area contributed by atoms with Gasteiger partial charge in [0.1, 0.15) is 0 Å². The van der Waals surface area contributed by atoms with E-state index in [0.29, 0.717) is 5.56 Å². The van der Waals surface area contributed by atoms with Crippen molar-refractivity contribution in [3.8, 4) is 11.5 Å². The van der Waals surface area contributed by atoms with Crippen LogP contribution in [0.5, 0.6) is 11.5 Å². The van der Waals surface area contributed by atoms with Crippen LogP contribution in [0, 0.1) is 10.1 Å². The van der Waals surface area contributed by atoms with Gasteiger partial charge in [-0.3, -0.25) is 10.1 Å². The molecule has 0 unspecified atom stereocenters. The normalized spacial score (nSPS) is 10.3. The van der Waals surface area contributed by atoms with Crippen molar-refractivity contribution in [2.45, 2.75) is 0 Å². The van der Waals surface area contributed by atoms with Crippen molar-refractivity contribution in [1.82, 2.24) is 5.43 Å². The molecule has 0 aliphatic carbocycles. The number of hydrazone groups is 1. The highest BCUT2D eigenvalue weighted by molar-refractivity contribution is 5.92. The van der Waals surface area contributed by atoms with Crippen LogP contribution in [0.4, 0.5) is 10.5 Å². The van der Waals surface area contributed by atoms with Gasteiger partial charge in [0.2, 0.25) is 0 Å². The second-order valence-electron chi connectivity index (χ2n) is 4.84. The molecule has 10 heteroatoms. The standard InChI is InChI=1S/C16H14N4O6/c1-25-14-7-10(9-18-19-16(17)22)5-6-13(14)26-15(21)11-3-2-4-12(8-11)20(23)24/h2-9H,1H3,(H3,17,19,22)/b18-9-. The minimum Gasteiger partial charge on any atom is -0.493 e. The molecule has 26 heavy (non-hydrogen) atoms. The molecule has 0 spiro atoms. The highest BCUT2D eigenvalue weighted by Gasteiger charge is 2.15. The molecule has 0 aliphatic heterocycles. The first-order valence-electron chi connectivity index (χ1n) is 7.14. The first-order valence-corrected chi connectivity index (χ1v) is 7.14. The molecule has 10 nitrogen and oxygen atoms in total. The van der Waals surface area contributed by atoms with E-state index >= 15 is 0 Å². The lowest BCUT2D eigenvalue weighted by molar-refractivity contribution is -0.384. The molecule has 2 aromatic carbocycles. The van der Waals surface area contributed by atoms with Crippen LogP contribution >= 0.6 is 0 Å². The lowest BCUT2D eigenvalue weighted by Crippen LogP contribution is -2.24. The van der Waals surface area contributed by atoms with Crippen LogP contribution in [-0.4, -0.2) is 30.2 Å². The Kier molecular flexibility index (Phi) is 5.83. The molecule has 2 rings (SSSR count). The monoisotopic (exact) mass is 358 g/mol. The largest absolute Gasteiger partial charge is 0.493 e. The average molecular weight is 358 g/mol.